The molecule has 0 saturated carbocycles. The molecule has 0 amide bonds. The Bertz CT molecular complexity index is 430. The zero-order chi connectivity index (χ0) is 14.6. The van der Waals surface area contributed by atoms with Gasteiger partial charge in [0.15, 0.2) is 0 Å². The molecule has 1 aromatic carbocycles. The van der Waals surface area contributed by atoms with Crippen LogP contribution >= 0.6 is 0 Å². The van der Waals surface area contributed by atoms with Gasteiger partial charge < -0.3 is 9.53 Å². The minimum Gasteiger partial charge on any atom is -0.377 e. The van der Waals surface area contributed by atoms with Gasteiger partial charge in [-0.1, -0.05) is 48.8 Å². The van der Waals surface area contributed by atoms with Gasteiger partial charge in [0.05, 0.1) is 6.61 Å². The summed E-state index contributed by atoms with van der Waals surface area (Å²) < 4.78 is 5.60. The third kappa shape index (κ3) is 5.87. The Balaban J connectivity index is 2.39. The van der Waals surface area contributed by atoms with Gasteiger partial charge in [-0.25, -0.2) is 0 Å². The minimum atomic E-state index is -0.175. The molecule has 20 heavy (non-hydrogen) atoms. The maximum Gasteiger partial charge on any atom is 0.120 e. The van der Waals surface area contributed by atoms with Crippen molar-refractivity contribution in [2.24, 2.45) is 11.0 Å². The third-order valence-electron chi connectivity index (χ3n) is 3.34. The van der Waals surface area contributed by atoms with Gasteiger partial charge in [0.1, 0.15) is 6.29 Å². The lowest BCUT2D eigenvalue weighted by atomic mass is 9.92. The van der Waals surface area contributed by atoms with E-state index >= 15 is 0 Å². The fraction of sp³-hybridized carbons (Fsp3) is 0.533. The highest BCUT2D eigenvalue weighted by atomic mass is 16.5. The van der Waals surface area contributed by atoms with Crippen LogP contribution in [0.2, 0.25) is 0 Å². The van der Waals surface area contributed by atoms with Crippen molar-refractivity contribution in [3.8, 4) is 0 Å². The van der Waals surface area contributed by atoms with Crippen molar-refractivity contribution in [1.29, 1.82) is 0 Å². The number of aldehydes is 1. The van der Waals surface area contributed by atoms with E-state index in [0.29, 0.717) is 26.1 Å². The summed E-state index contributed by atoms with van der Waals surface area (Å²) in [5.41, 5.74) is 9.73. The molecule has 5 nitrogen and oxygen atoms in total. The van der Waals surface area contributed by atoms with Crippen LogP contribution in [0.1, 0.15) is 31.7 Å². The molecular formula is C15H21N3O2. The molecule has 0 fully saturated rings. The molecule has 0 spiro atoms. The molecule has 0 N–H and O–H groups in total. The first-order chi connectivity index (χ1) is 9.81. The molecule has 0 aromatic heterocycles. The van der Waals surface area contributed by atoms with Crippen LogP contribution in [0.4, 0.5) is 0 Å². The molecule has 0 aliphatic heterocycles. The molecule has 2 atom stereocenters. The van der Waals surface area contributed by atoms with Crippen molar-refractivity contribution in [2.45, 2.75) is 38.8 Å². The van der Waals surface area contributed by atoms with Crippen molar-refractivity contribution >= 4 is 6.29 Å². The molecule has 0 aliphatic rings. The van der Waals surface area contributed by atoms with Gasteiger partial charge in [-0.15, -0.1) is 0 Å². The molecule has 108 valence electrons. The first kappa shape index (κ1) is 16.2. The highest BCUT2D eigenvalue weighted by Crippen LogP contribution is 2.19. The molecular weight excluding hydrogens is 254 g/mol. The number of azide groups is 1. The van der Waals surface area contributed by atoms with Gasteiger partial charge in [0.25, 0.3) is 0 Å². The largest absolute Gasteiger partial charge is 0.377 e. The summed E-state index contributed by atoms with van der Waals surface area (Å²) in [5.74, 6) is 0.101. The number of hydrogen-bond donors (Lipinski definition) is 0. The van der Waals surface area contributed by atoms with Gasteiger partial charge >= 0.3 is 0 Å². The monoisotopic (exact) mass is 275 g/mol. The van der Waals surface area contributed by atoms with Crippen LogP contribution in [0.25, 0.3) is 10.4 Å². The van der Waals surface area contributed by atoms with Crippen molar-refractivity contribution in [2.75, 3.05) is 6.61 Å². The van der Waals surface area contributed by atoms with Crippen molar-refractivity contribution in [3.63, 3.8) is 0 Å². The summed E-state index contributed by atoms with van der Waals surface area (Å²) in [6, 6.07) is 9.74. The van der Waals surface area contributed by atoms with Crippen LogP contribution in [0, 0.1) is 5.92 Å². The highest BCUT2D eigenvalue weighted by molar-refractivity contribution is 5.49. The van der Waals surface area contributed by atoms with Crippen LogP contribution < -0.4 is 0 Å². The Labute approximate surface area is 119 Å². The third-order valence-corrected chi connectivity index (χ3v) is 3.34. The molecule has 0 heterocycles. The summed E-state index contributed by atoms with van der Waals surface area (Å²) in [7, 11) is 0. The van der Waals surface area contributed by atoms with Gasteiger partial charge in [0.2, 0.25) is 0 Å². The molecule has 0 unspecified atom stereocenters. The van der Waals surface area contributed by atoms with E-state index in [4.69, 9.17) is 10.3 Å². The smallest absolute Gasteiger partial charge is 0.120 e. The average Bonchev–Trinajstić information content (AvgIpc) is 2.49. The van der Waals surface area contributed by atoms with E-state index in [0.717, 1.165) is 18.3 Å². The second kappa shape index (κ2) is 10.0. The zero-order valence-electron chi connectivity index (χ0n) is 11.8. The zero-order valence-corrected chi connectivity index (χ0v) is 11.8. The molecule has 0 saturated heterocycles. The molecule has 1 rings (SSSR count). The lowest BCUT2D eigenvalue weighted by molar-refractivity contribution is -0.108. The first-order valence-corrected chi connectivity index (χ1v) is 6.91. The number of carbonyl (C=O) groups is 1. The van der Waals surface area contributed by atoms with Gasteiger partial charge in [-0.2, -0.15) is 0 Å². The Kier molecular flexibility index (Phi) is 8.11. The van der Waals surface area contributed by atoms with Crippen LogP contribution in [-0.4, -0.2) is 18.9 Å². The number of rotatable bonds is 10. The van der Waals surface area contributed by atoms with Gasteiger partial charge in [-0.3, -0.25) is 0 Å². The average molecular weight is 275 g/mol. The quantitative estimate of drug-likeness (QED) is 0.213. The van der Waals surface area contributed by atoms with E-state index in [1.165, 1.54) is 0 Å². The SMILES string of the molecule is CC[C@H](CC=O)[C@@H](CCOCc1ccccc1)N=[N+]=[N-]. The summed E-state index contributed by atoms with van der Waals surface area (Å²) in [4.78, 5) is 13.5. The lowest BCUT2D eigenvalue weighted by Gasteiger charge is -2.19. The van der Waals surface area contributed by atoms with Crippen LogP contribution in [0.15, 0.2) is 35.4 Å². The second-order valence-corrected chi connectivity index (χ2v) is 4.67. The molecule has 0 bridgehead atoms. The molecule has 1 aromatic rings. The number of hydrogen-bond acceptors (Lipinski definition) is 3. The molecule has 0 aliphatic carbocycles. The number of carbonyl (C=O) groups excluding carboxylic acids is 1. The highest BCUT2D eigenvalue weighted by Gasteiger charge is 2.18. The van der Waals surface area contributed by atoms with E-state index in [1.807, 2.05) is 37.3 Å². The summed E-state index contributed by atoms with van der Waals surface area (Å²) in [6.07, 6.45) is 2.78. The van der Waals surface area contributed by atoms with Crippen LogP contribution in [0.5, 0.6) is 0 Å². The van der Waals surface area contributed by atoms with Crippen LogP contribution in [0.3, 0.4) is 0 Å². The first-order valence-electron chi connectivity index (χ1n) is 6.91. The van der Waals surface area contributed by atoms with E-state index in [1.54, 1.807) is 0 Å². The summed E-state index contributed by atoms with van der Waals surface area (Å²) >= 11 is 0. The normalized spacial score (nSPS) is 13.2. The Morgan fingerprint density at radius 3 is 2.75 bits per heavy atom. The van der Waals surface area contributed by atoms with E-state index in [-0.39, 0.29) is 12.0 Å². The van der Waals surface area contributed by atoms with Crippen molar-refractivity contribution in [3.05, 3.63) is 46.3 Å². The summed E-state index contributed by atoms with van der Waals surface area (Å²) in [6.45, 7) is 3.07. The van der Waals surface area contributed by atoms with Crippen molar-refractivity contribution in [1.82, 2.24) is 0 Å². The number of ether oxygens (including phenoxy) is 1. The Morgan fingerprint density at radius 1 is 1.40 bits per heavy atom. The Morgan fingerprint density at radius 2 is 2.15 bits per heavy atom. The maximum absolute atomic E-state index is 10.6. The predicted octanol–water partition coefficient (Wildman–Crippen LogP) is 3.89. The fourth-order valence-corrected chi connectivity index (χ4v) is 2.14. The second-order valence-electron chi connectivity index (χ2n) is 4.67. The molecule has 0 radical (unpaired) electrons. The minimum absolute atomic E-state index is 0.101. The lowest BCUT2D eigenvalue weighted by Crippen LogP contribution is -2.20. The summed E-state index contributed by atoms with van der Waals surface area (Å²) in [5, 5.41) is 3.80. The molecule has 5 heteroatoms. The van der Waals surface area contributed by atoms with E-state index < -0.39 is 0 Å². The van der Waals surface area contributed by atoms with E-state index in [2.05, 4.69) is 10.0 Å². The predicted molar refractivity (Wildman–Crippen MR) is 78.1 cm³/mol. The van der Waals surface area contributed by atoms with Gasteiger partial charge in [-0.05, 0) is 23.4 Å². The standard InChI is InChI=1S/C15H21N3O2/c1-2-14(8-10-19)15(17-18-16)9-11-20-12-13-6-4-3-5-7-13/h3-7,10,14-15H,2,8-9,11-12H2,1H3/t14-,15-/m1/s1. The topological polar surface area (TPSA) is 75.1 Å². The van der Waals surface area contributed by atoms with Crippen LogP contribution in [-0.2, 0) is 16.1 Å². The van der Waals surface area contributed by atoms with Gasteiger partial charge in [0, 0.05) is 24.0 Å². The maximum atomic E-state index is 10.6. The van der Waals surface area contributed by atoms with Crippen molar-refractivity contribution < 1.29 is 9.53 Å². The Hall–Kier alpha value is -1.84. The number of benzene rings is 1. The number of nitrogens with zero attached hydrogens (tertiary/aromatic N) is 3. The van der Waals surface area contributed by atoms with E-state index in [9.17, 15) is 4.79 Å². The fourth-order valence-electron chi connectivity index (χ4n) is 2.14.